The second-order valence-electron chi connectivity index (χ2n) is 10.4. The zero-order valence-corrected chi connectivity index (χ0v) is 28.5. The Morgan fingerprint density at radius 2 is 1.75 bits per heavy atom. The highest BCUT2D eigenvalue weighted by molar-refractivity contribution is 8.01. The molecule has 0 saturated carbocycles. The van der Waals surface area contributed by atoms with E-state index in [1.165, 1.54) is 35.2 Å². The van der Waals surface area contributed by atoms with E-state index in [1.54, 1.807) is 14.0 Å². The summed E-state index contributed by atoms with van der Waals surface area (Å²) >= 11 is 2.81. The van der Waals surface area contributed by atoms with Crippen LogP contribution in [0.5, 0.6) is 11.5 Å². The lowest BCUT2D eigenvalue weighted by Crippen LogP contribution is -2.43. The number of carbonyl (C=O) groups excluding carboxylic acids is 1. The van der Waals surface area contributed by atoms with E-state index in [0.29, 0.717) is 35.2 Å². The van der Waals surface area contributed by atoms with Crippen molar-refractivity contribution in [1.82, 2.24) is 15.2 Å². The normalized spacial score (nSPS) is 13.9. The van der Waals surface area contributed by atoms with Gasteiger partial charge in [-0.15, -0.1) is 47.9 Å². The summed E-state index contributed by atoms with van der Waals surface area (Å²) in [7, 11) is 1.56. The number of thioether (sulfide) groups is 1. The summed E-state index contributed by atoms with van der Waals surface area (Å²) < 4.78 is 55.7. The third-order valence-corrected chi connectivity index (χ3v) is 9.23. The molecular weight excluding hydrogens is 658 g/mol. The number of thiazole rings is 1. The highest BCUT2D eigenvalue weighted by Crippen LogP contribution is 2.41. The Bertz CT molecular complexity index is 1380. The van der Waals surface area contributed by atoms with Crippen molar-refractivity contribution < 1.29 is 32.2 Å². The van der Waals surface area contributed by atoms with Gasteiger partial charge in [-0.05, 0) is 57.5 Å². The van der Waals surface area contributed by atoms with Crippen molar-refractivity contribution in [3.8, 4) is 22.1 Å². The molecule has 14 heteroatoms. The van der Waals surface area contributed by atoms with Crippen molar-refractivity contribution >= 4 is 53.9 Å². The number of benzene rings is 2. The molecule has 1 aliphatic heterocycles. The summed E-state index contributed by atoms with van der Waals surface area (Å²) in [5, 5.41) is 3.98. The van der Waals surface area contributed by atoms with E-state index in [-0.39, 0.29) is 37.4 Å². The Morgan fingerprint density at radius 3 is 2.34 bits per heavy atom. The third-order valence-electron chi connectivity index (χ3n) is 6.77. The Hall–Kier alpha value is -2.22. The van der Waals surface area contributed by atoms with Gasteiger partial charge in [0, 0.05) is 43.2 Å². The molecule has 3 aromatic rings. The van der Waals surface area contributed by atoms with Crippen LogP contribution in [-0.4, -0.2) is 60.5 Å². The minimum Gasteiger partial charge on any atom is -0.493 e. The molecule has 244 valence electrons. The molecule has 0 spiro atoms. The summed E-state index contributed by atoms with van der Waals surface area (Å²) in [5.74, 6) is 0.782. The molecule has 0 radical (unpaired) electrons. The van der Waals surface area contributed by atoms with E-state index in [1.807, 2.05) is 32.9 Å². The number of esters is 1. The molecule has 1 aliphatic rings. The van der Waals surface area contributed by atoms with Crippen molar-refractivity contribution in [1.29, 1.82) is 0 Å². The van der Waals surface area contributed by atoms with Gasteiger partial charge >= 0.3 is 12.1 Å². The van der Waals surface area contributed by atoms with Crippen molar-refractivity contribution in [2.75, 3.05) is 39.9 Å². The zero-order chi connectivity index (χ0) is 30.5. The number of carbonyl (C=O) groups is 1. The third kappa shape index (κ3) is 9.64. The van der Waals surface area contributed by atoms with Gasteiger partial charge in [0.2, 0.25) is 0 Å². The van der Waals surface area contributed by atoms with Gasteiger partial charge in [-0.1, -0.05) is 12.1 Å². The molecule has 0 aliphatic carbocycles. The van der Waals surface area contributed by atoms with Crippen LogP contribution in [0.1, 0.15) is 42.5 Å². The zero-order valence-electron chi connectivity index (χ0n) is 25.2. The van der Waals surface area contributed by atoms with Crippen molar-refractivity contribution in [2.45, 2.75) is 56.7 Å². The first-order valence-electron chi connectivity index (χ1n) is 13.7. The maximum absolute atomic E-state index is 13.1. The Balaban J connectivity index is 0.00000337. The molecule has 1 N–H and O–H groups in total. The van der Waals surface area contributed by atoms with Gasteiger partial charge in [-0.25, -0.2) is 4.98 Å². The number of aromatic nitrogens is 1. The van der Waals surface area contributed by atoms with Crippen molar-refractivity contribution in [2.24, 2.45) is 0 Å². The Labute approximate surface area is 277 Å². The van der Waals surface area contributed by atoms with Crippen LogP contribution in [0, 0.1) is 6.92 Å². The second kappa shape index (κ2) is 16.4. The monoisotopic (exact) mass is 695 g/mol. The predicted molar refractivity (Wildman–Crippen MR) is 174 cm³/mol. The Morgan fingerprint density at radius 1 is 1.09 bits per heavy atom. The van der Waals surface area contributed by atoms with Gasteiger partial charge in [0.1, 0.15) is 16.4 Å². The topological polar surface area (TPSA) is 72.9 Å². The van der Waals surface area contributed by atoms with Gasteiger partial charge in [0.15, 0.2) is 11.5 Å². The molecule has 0 bridgehead atoms. The van der Waals surface area contributed by atoms with Crippen LogP contribution in [-0.2, 0) is 28.9 Å². The van der Waals surface area contributed by atoms with Crippen LogP contribution in [0.15, 0.2) is 41.3 Å². The van der Waals surface area contributed by atoms with Crippen LogP contribution < -0.4 is 14.8 Å². The largest absolute Gasteiger partial charge is 0.493 e. The molecule has 1 saturated heterocycles. The molecule has 0 atom stereocenters. The smallest absolute Gasteiger partial charge is 0.416 e. The number of rotatable bonds is 11. The lowest BCUT2D eigenvalue weighted by molar-refractivity contribution is -0.145. The SMILES string of the molecule is CCOC(=O)C(C)(C)Sc1cc(OC)c(OCc2sc(-c3ccc(C(F)(F)F)cc3)nc2CN2CCNCC2)cc1C.Cl.Cl. The van der Waals surface area contributed by atoms with Gasteiger partial charge in [0.05, 0.1) is 29.9 Å². The number of nitrogens with zero attached hydrogens (tertiary/aromatic N) is 2. The standard InChI is InChI=1S/C30H36F3N3O4S2.2ClH/c1-6-39-28(37)29(3,4)42-25-16-23(38-5)24(15-19(25)2)40-18-26-22(17-36-13-11-34-12-14-36)35-27(41-26)20-7-9-21(10-8-20)30(31,32)33;;/h7-10,15-16,34H,6,11-14,17-18H2,1-5H3;2*1H. The van der Waals surface area contributed by atoms with Gasteiger partial charge in [-0.3, -0.25) is 9.69 Å². The van der Waals surface area contributed by atoms with Crippen LogP contribution in [0.3, 0.4) is 0 Å². The molecular formula is C30H38Cl2F3N3O4S2. The van der Waals surface area contributed by atoms with E-state index >= 15 is 0 Å². The van der Waals surface area contributed by atoms with Crippen LogP contribution in [0.25, 0.3) is 10.6 Å². The van der Waals surface area contributed by atoms with Gasteiger partial charge < -0.3 is 19.5 Å². The number of aryl methyl sites for hydroxylation is 1. The second-order valence-corrected chi connectivity index (χ2v) is 13.1. The number of halogens is 5. The number of hydrogen-bond acceptors (Lipinski definition) is 9. The fraction of sp³-hybridized carbons (Fsp3) is 0.467. The summed E-state index contributed by atoms with van der Waals surface area (Å²) in [6.07, 6.45) is -4.40. The average Bonchev–Trinajstić information content (AvgIpc) is 3.35. The molecule has 2 heterocycles. The number of alkyl halides is 3. The molecule has 1 fully saturated rings. The van der Waals surface area contributed by atoms with Crippen LogP contribution in [0.2, 0.25) is 0 Å². The summed E-state index contributed by atoms with van der Waals surface area (Å²) in [5.41, 5.74) is 1.70. The van der Waals surface area contributed by atoms with Crippen LogP contribution >= 0.6 is 47.9 Å². The fourth-order valence-electron chi connectivity index (χ4n) is 4.42. The lowest BCUT2D eigenvalue weighted by Gasteiger charge is -2.26. The fourth-order valence-corrected chi connectivity index (χ4v) is 6.48. The first-order chi connectivity index (χ1) is 19.9. The van der Waals surface area contributed by atoms with Crippen LogP contribution in [0.4, 0.5) is 13.2 Å². The van der Waals surface area contributed by atoms with Gasteiger partial charge in [0.25, 0.3) is 0 Å². The summed E-state index contributed by atoms with van der Waals surface area (Å²) in [6, 6.07) is 8.83. The maximum atomic E-state index is 13.1. The summed E-state index contributed by atoms with van der Waals surface area (Å²) in [6.45, 7) is 12.0. The van der Waals surface area contributed by atoms with Crippen molar-refractivity contribution in [3.05, 3.63) is 58.1 Å². The van der Waals surface area contributed by atoms with E-state index in [4.69, 9.17) is 19.2 Å². The first-order valence-corrected chi connectivity index (χ1v) is 15.3. The molecule has 2 aromatic carbocycles. The van der Waals surface area contributed by atoms with E-state index in [9.17, 15) is 18.0 Å². The molecule has 44 heavy (non-hydrogen) atoms. The number of hydrogen-bond donors (Lipinski definition) is 1. The Kier molecular flexibility index (Phi) is 14.1. The molecule has 7 nitrogen and oxygen atoms in total. The average molecular weight is 697 g/mol. The first kappa shape index (κ1) is 38.0. The number of nitrogens with one attached hydrogen (secondary N) is 1. The summed E-state index contributed by atoms with van der Waals surface area (Å²) in [4.78, 5) is 21.3. The number of ether oxygens (including phenoxy) is 3. The number of methoxy groups -OCH3 is 1. The highest BCUT2D eigenvalue weighted by Gasteiger charge is 2.32. The van der Waals surface area contributed by atoms with Gasteiger partial charge in [-0.2, -0.15) is 13.2 Å². The molecule has 4 rings (SSSR count). The predicted octanol–water partition coefficient (Wildman–Crippen LogP) is 7.41. The molecule has 1 aromatic heterocycles. The minimum absolute atomic E-state index is 0. The minimum atomic E-state index is -4.40. The highest BCUT2D eigenvalue weighted by atomic mass is 35.5. The maximum Gasteiger partial charge on any atom is 0.416 e. The van der Waals surface area contributed by atoms with E-state index in [2.05, 4.69) is 10.2 Å². The number of piperazine rings is 1. The van der Waals surface area contributed by atoms with Crippen molar-refractivity contribution in [3.63, 3.8) is 0 Å². The quantitative estimate of drug-likeness (QED) is 0.164. The van der Waals surface area contributed by atoms with E-state index in [0.717, 1.165) is 59.3 Å². The molecule has 0 amide bonds. The lowest BCUT2D eigenvalue weighted by atomic mass is 10.1. The van der Waals surface area contributed by atoms with E-state index < -0.39 is 16.5 Å². The molecule has 0 unspecified atom stereocenters.